The predicted molar refractivity (Wildman–Crippen MR) is 95.9 cm³/mol. The molecule has 0 amide bonds. The number of benzene rings is 1. The van der Waals surface area contributed by atoms with Gasteiger partial charge in [-0.3, -0.25) is 10.9 Å². The summed E-state index contributed by atoms with van der Waals surface area (Å²) in [6.07, 6.45) is 3.58. The largest absolute Gasteiger partial charge is 0.360 e. The van der Waals surface area contributed by atoms with Gasteiger partial charge in [0, 0.05) is 24.3 Å². The standard InChI is InChI=1S/C17H26N4S/c1-11(2)12-3-6-14(7-4-12)19-17(22)20-15-8-5-13-10-18-21-16(13)9-15/h3-4,6-7,11,13,15-16,18,21H,5,8-10H2,1-2H3,(H2,19,20,22). The van der Waals surface area contributed by atoms with Gasteiger partial charge >= 0.3 is 0 Å². The number of thiocarbonyl (C=S) groups is 1. The SMILES string of the molecule is CC(C)c1ccc(NC(=S)NC2CCC3CNNC3C2)cc1. The van der Waals surface area contributed by atoms with Gasteiger partial charge in [-0.1, -0.05) is 26.0 Å². The molecule has 0 aromatic heterocycles. The lowest BCUT2D eigenvalue weighted by Gasteiger charge is -2.32. The van der Waals surface area contributed by atoms with Crippen LogP contribution >= 0.6 is 12.2 Å². The van der Waals surface area contributed by atoms with Gasteiger partial charge in [-0.15, -0.1) is 0 Å². The van der Waals surface area contributed by atoms with Gasteiger partial charge in [0.05, 0.1) is 0 Å². The molecule has 5 heteroatoms. The van der Waals surface area contributed by atoms with Gasteiger partial charge in [-0.2, -0.15) is 0 Å². The van der Waals surface area contributed by atoms with Crippen molar-refractivity contribution in [1.29, 1.82) is 0 Å². The number of hydrazine groups is 1. The quantitative estimate of drug-likeness (QED) is 0.646. The second kappa shape index (κ2) is 6.94. The molecule has 1 saturated carbocycles. The van der Waals surface area contributed by atoms with E-state index in [1.54, 1.807) is 0 Å². The van der Waals surface area contributed by atoms with Crippen molar-refractivity contribution in [3.8, 4) is 0 Å². The minimum absolute atomic E-state index is 0.462. The lowest BCUT2D eigenvalue weighted by molar-refractivity contribution is 0.290. The zero-order valence-corrected chi connectivity index (χ0v) is 14.2. The van der Waals surface area contributed by atoms with Crippen LogP contribution in [-0.4, -0.2) is 23.7 Å². The predicted octanol–water partition coefficient (Wildman–Crippen LogP) is 2.74. The molecule has 4 N–H and O–H groups in total. The summed E-state index contributed by atoms with van der Waals surface area (Å²) >= 11 is 5.46. The maximum Gasteiger partial charge on any atom is 0.170 e. The smallest absolute Gasteiger partial charge is 0.170 e. The highest BCUT2D eigenvalue weighted by molar-refractivity contribution is 7.80. The van der Waals surface area contributed by atoms with Gasteiger partial charge in [-0.25, -0.2) is 0 Å². The molecule has 1 aliphatic carbocycles. The molecule has 3 atom stereocenters. The van der Waals surface area contributed by atoms with Crippen molar-refractivity contribution < 1.29 is 0 Å². The molecule has 2 fully saturated rings. The van der Waals surface area contributed by atoms with Gasteiger partial charge in [0.15, 0.2) is 5.11 Å². The molecule has 1 saturated heterocycles. The Labute approximate surface area is 138 Å². The fourth-order valence-electron chi connectivity index (χ4n) is 3.41. The van der Waals surface area contributed by atoms with Crippen molar-refractivity contribution in [3.05, 3.63) is 29.8 Å². The van der Waals surface area contributed by atoms with Crippen LogP contribution in [0.4, 0.5) is 5.69 Å². The third-order valence-corrected chi connectivity index (χ3v) is 5.04. The van der Waals surface area contributed by atoms with Crippen LogP contribution < -0.4 is 21.5 Å². The Balaban J connectivity index is 1.49. The zero-order valence-electron chi connectivity index (χ0n) is 13.4. The summed E-state index contributed by atoms with van der Waals surface area (Å²) in [6, 6.07) is 9.57. The topological polar surface area (TPSA) is 48.1 Å². The normalized spacial score (nSPS) is 27.5. The highest BCUT2D eigenvalue weighted by atomic mass is 32.1. The van der Waals surface area contributed by atoms with Crippen LogP contribution in [0.2, 0.25) is 0 Å². The molecule has 0 bridgehead atoms. The van der Waals surface area contributed by atoms with E-state index in [4.69, 9.17) is 12.2 Å². The minimum atomic E-state index is 0.462. The van der Waals surface area contributed by atoms with E-state index in [0.717, 1.165) is 29.7 Å². The lowest BCUT2D eigenvalue weighted by atomic mass is 9.83. The molecule has 2 aliphatic rings. The van der Waals surface area contributed by atoms with Crippen molar-refractivity contribution in [2.75, 3.05) is 11.9 Å². The fraction of sp³-hybridized carbons (Fsp3) is 0.588. The number of fused-ring (bicyclic) bond motifs is 1. The molecule has 1 heterocycles. The molecular weight excluding hydrogens is 292 g/mol. The molecular formula is C17H26N4S. The Bertz CT molecular complexity index is 514. The second-order valence-electron chi connectivity index (χ2n) is 6.78. The van der Waals surface area contributed by atoms with Crippen LogP contribution in [0.15, 0.2) is 24.3 Å². The first-order chi connectivity index (χ1) is 10.6. The second-order valence-corrected chi connectivity index (χ2v) is 7.19. The van der Waals surface area contributed by atoms with Crippen LogP contribution in [-0.2, 0) is 0 Å². The van der Waals surface area contributed by atoms with Crippen molar-refractivity contribution in [2.45, 2.75) is 51.1 Å². The van der Waals surface area contributed by atoms with Gasteiger partial charge in [0.1, 0.15) is 0 Å². The molecule has 120 valence electrons. The van der Waals surface area contributed by atoms with Crippen LogP contribution in [0.3, 0.4) is 0 Å². The zero-order chi connectivity index (χ0) is 15.5. The van der Waals surface area contributed by atoms with E-state index < -0.39 is 0 Å². The van der Waals surface area contributed by atoms with Crippen molar-refractivity contribution in [1.82, 2.24) is 16.2 Å². The third kappa shape index (κ3) is 3.77. The van der Waals surface area contributed by atoms with Gasteiger partial charge in [0.25, 0.3) is 0 Å². The summed E-state index contributed by atoms with van der Waals surface area (Å²) in [5, 5.41) is 7.50. The number of hydrogen-bond donors (Lipinski definition) is 4. The van der Waals surface area contributed by atoms with Gasteiger partial charge in [0.2, 0.25) is 0 Å². The first-order valence-corrected chi connectivity index (χ1v) is 8.68. The Morgan fingerprint density at radius 3 is 2.73 bits per heavy atom. The highest BCUT2D eigenvalue weighted by Crippen LogP contribution is 2.26. The first-order valence-electron chi connectivity index (χ1n) is 8.27. The average molecular weight is 318 g/mol. The van der Waals surface area contributed by atoms with Crippen LogP contribution in [0.1, 0.15) is 44.6 Å². The van der Waals surface area contributed by atoms with Crippen molar-refractivity contribution in [2.24, 2.45) is 5.92 Å². The summed E-state index contributed by atoms with van der Waals surface area (Å²) in [7, 11) is 0. The Morgan fingerprint density at radius 2 is 2.00 bits per heavy atom. The molecule has 1 aromatic carbocycles. The summed E-state index contributed by atoms with van der Waals surface area (Å²) in [4.78, 5) is 0. The average Bonchev–Trinajstić information content (AvgIpc) is 2.95. The monoisotopic (exact) mass is 318 g/mol. The third-order valence-electron chi connectivity index (χ3n) is 4.82. The van der Waals surface area contributed by atoms with E-state index in [-0.39, 0.29) is 0 Å². The molecule has 3 unspecified atom stereocenters. The number of hydrogen-bond acceptors (Lipinski definition) is 3. The van der Waals surface area contributed by atoms with E-state index >= 15 is 0 Å². The molecule has 4 nitrogen and oxygen atoms in total. The number of rotatable bonds is 3. The molecule has 22 heavy (non-hydrogen) atoms. The number of nitrogens with one attached hydrogen (secondary N) is 4. The summed E-state index contributed by atoms with van der Waals surface area (Å²) in [6.45, 7) is 5.51. The van der Waals surface area contributed by atoms with Crippen LogP contribution in [0, 0.1) is 5.92 Å². The van der Waals surface area contributed by atoms with E-state index in [1.807, 2.05) is 0 Å². The lowest BCUT2D eigenvalue weighted by Crippen LogP contribution is -2.46. The highest BCUT2D eigenvalue weighted by Gasteiger charge is 2.33. The van der Waals surface area contributed by atoms with E-state index in [2.05, 4.69) is 59.6 Å². The van der Waals surface area contributed by atoms with Crippen LogP contribution in [0.5, 0.6) is 0 Å². The molecule has 1 aliphatic heterocycles. The summed E-state index contributed by atoms with van der Waals surface area (Å²) < 4.78 is 0. The summed E-state index contributed by atoms with van der Waals surface area (Å²) in [5.74, 6) is 1.34. The fourth-order valence-corrected chi connectivity index (χ4v) is 3.70. The molecule has 0 radical (unpaired) electrons. The minimum Gasteiger partial charge on any atom is -0.360 e. The van der Waals surface area contributed by atoms with Crippen molar-refractivity contribution in [3.63, 3.8) is 0 Å². The molecule has 1 aromatic rings. The van der Waals surface area contributed by atoms with E-state index in [9.17, 15) is 0 Å². The summed E-state index contributed by atoms with van der Waals surface area (Å²) in [5.41, 5.74) is 9.04. The van der Waals surface area contributed by atoms with Gasteiger partial charge < -0.3 is 10.6 Å². The Kier molecular flexibility index (Phi) is 4.96. The van der Waals surface area contributed by atoms with Crippen LogP contribution in [0.25, 0.3) is 0 Å². The maximum absolute atomic E-state index is 5.46. The Hall–Kier alpha value is -1.17. The first kappa shape index (κ1) is 15.7. The maximum atomic E-state index is 5.46. The molecule has 3 rings (SSSR count). The molecule has 0 spiro atoms. The van der Waals surface area contributed by atoms with E-state index in [1.165, 1.54) is 18.4 Å². The number of anilines is 1. The van der Waals surface area contributed by atoms with Gasteiger partial charge in [-0.05, 0) is 61.0 Å². The van der Waals surface area contributed by atoms with E-state index in [0.29, 0.717) is 18.0 Å². The Morgan fingerprint density at radius 1 is 1.23 bits per heavy atom. The van der Waals surface area contributed by atoms with Crippen molar-refractivity contribution >= 4 is 23.0 Å².